The first-order valence-corrected chi connectivity index (χ1v) is 8.07. The Bertz CT molecular complexity index is 693. The molecule has 3 rings (SSSR count). The van der Waals surface area contributed by atoms with Crippen molar-refractivity contribution in [1.82, 2.24) is 14.8 Å². The van der Waals surface area contributed by atoms with Crippen LogP contribution >= 0.6 is 0 Å². The molecule has 0 fully saturated rings. The molecule has 0 N–H and O–H groups in total. The number of carbonyl (C=O) groups excluding carboxylic acids is 1. The van der Waals surface area contributed by atoms with Gasteiger partial charge in [0.2, 0.25) is 5.16 Å². The Morgan fingerprint density at radius 2 is 2.15 bits per heavy atom. The maximum atomic E-state index is 12.3. The summed E-state index contributed by atoms with van der Waals surface area (Å²) in [6.45, 7) is 0.126. The third kappa shape index (κ3) is 2.43. The molecule has 2 aromatic rings. The van der Waals surface area contributed by atoms with Crippen LogP contribution in [-0.2, 0) is 30.2 Å². The van der Waals surface area contributed by atoms with E-state index in [1.807, 2.05) is 18.2 Å². The molecule has 0 bridgehead atoms. The molecule has 0 unspecified atom stereocenters. The fraction of sp³-hybridized carbons (Fsp3) is 0.357. The lowest BCUT2D eigenvalue weighted by Crippen LogP contribution is -2.13. The first kappa shape index (κ1) is 13.2. The summed E-state index contributed by atoms with van der Waals surface area (Å²) in [5, 5.41) is 7.83. The summed E-state index contributed by atoms with van der Waals surface area (Å²) in [7, 11) is -1.24. The summed E-state index contributed by atoms with van der Waals surface area (Å²) >= 11 is 0. The van der Waals surface area contributed by atoms with Crippen molar-refractivity contribution in [2.45, 2.75) is 31.0 Å². The minimum atomic E-state index is -1.24. The molecule has 1 aliphatic carbocycles. The fourth-order valence-electron chi connectivity index (χ4n) is 2.57. The van der Waals surface area contributed by atoms with Gasteiger partial charge < -0.3 is 0 Å². The third-order valence-corrected chi connectivity index (χ3v) is 4.40. The normalized spacial score (nSPS) is 15.1. The predicted octanol–water partition coefficient (Wildman–Crippen LogP) is 1.39. The number of Topliss-reactive ketones (excluding diaryl/α,β-unsaturated/α-hetero) is 1. The molecule has 0 amide bonds. The van der Waals surface area contributed by atoms with Gasteiger partial charge in [0.1, 0.15) is 6.33 Å². The minimum absolute atomic E-state index is 0.00815. The van der Waals surface area contributed by atoms with Crippen LogP contribution in [0.2, 0.25) is 0 Å². The molecule has 104 valence electrons. The Hall–Kier alpha value is -1.82. The van der Waals surface area contributed by atoms with Crippen molar-refractivity contribution in [3.63, 3.8) is 0 Å². The lowest BCUT2D eigenvalue weighted by molar-refractivity contribution is 0.0969. The zero-order valence-electron chi connectivity index (χ0n) is 11.2. The third-order valence-electron chi connectivity index (χ3n) is 3.57. The molecule has 5 nitrogen and oxygen atoms in total. The molecule has 1 aromatic carbocycles. The number of carbonyl (C=O) groups is 1. The fourth-order valence-corrected chi connectivity index (χ4v) is 3.17. The van der Waals surface area contributed by atoms with Gasteiger partial charge >= 0.3 is 0 Å². The van der Waals surface area contributed by atoms with Crippen LogP contribution in [0, 0.1) is 0 Å². The average Bonchev–Trinajstić information content (AvgIpc) is 3.05. The van der Waals surface area contributed by atoms with Crippen molar-refractivity contribution >= 4 is 16.6 Å². The van der Waals surface area contributed by atoms with Crippen LogP contribution in [0.15, 0.2) is 29.7 Å². The number of aryl methyl sites for hydroxylation is 2. The quantitative estimate of drug-likeness (QED) is 0.798. The van der Waals surface area contributed by atoms with Gasteiger partial charge in [-0.2, -0.15) is 0 Å². The Morgan fingerprint density at radius 1 is 1.35 bits per heavy atom. The summed E-state index contributed by atoms with van der Waals surface area (Å²) in [6, 6.07) is 5.90. The number of hydrogen-bond acceptors (Lipinski definition) is 4. The van der Waals surface area contributed by atoms with Crippen LogP contribution in [0.5, 0.6) is 0 Å². The first-order valence-electron chi connectivity index (χ1n) is 6.51. The Kier molecular flexibility index (Phi) is 3.48. The molecule has 0 radical (unpaired) electrons. The first-order chi connectivity index (χ1) is 9.65. The molecule has 1 atom stereocenters. The van der Waals surface area contributed by atoms with Gasteiger partial charge in [0.15, 0.2) is 5.78 Å². The number of aromatic nitrogens is 3. The van der Waals surface area contributed by atoms with Crippen molar-refractivity contribution in [3.05, 3.63) is 41.2 Å². The smallest absolute Gasteiger partial charge is 0.221 e. The van der Waals surface area contributed by atoms with E-state index in [9.17, 15) is 9.00 Å². The van der Waals surface area contributed by atoms with Crippen LogP contribution in [0.1, 0.15) is 27.9 Å². The Balaban J connectivity index is 1.83. The SMILES string of the molecule is C[S@](=O)c1nncn1CC(=O)c1ccc2c(c1)CCC2. The molecule has 1 aromatic heterocycles. The Labute approximate surface area is 119 Å². The standard InChI is InChI=1S/C14H15N3O2S/c1-20(19)14-16-15-9-17(14)8-13(18)12-6-5-10-3-2-4-11(10)7-12/h5-7,9H,2-4,8H2,1H3/t20-/m0/s1. The van der Waals surface area contributed by atoms with Crippen LogP contribution in [-0.4, -0.2) is 31.0 Å². The second kappa shape index (κ2) is 5.28. The molecule has 0 saturated heterocycles. The van der Waals surface area contributed by atoms with Gasteiger partial charge in [0.05, 0.1) is 17.3 Å². The van der Waals surface area contributed by atoms with E-state index in [-0.39, 0.29) is 12.3 Å². The monoisotopic (exact) mass is 289 g/mol. The maximum absolute atomic E-state index is 12.3. The van der Waals surface area contributed by atoms with Gasteiger partial charge in [0.25, 0.3) is 0 Å². The van der Waals surface area contributed by atoms with Crippen molar-refractivity contribution in [2.75, 3.05) is 6.26 Å². The molecule has 20 heavy (non-hydrogen) atoms. The predicted molar refractivity (Wildman–Crippen MR) is 75.2 cm³/mol. The van der Waals surface area contributed by atoms with Gasteiger partial charge in [-0.15, -0.1) is 10.2 Å². The van der Waals surface area contributed by atoms with Crippen molar-refractivity contribution in [1.29, 1.82) is 0 Å². The summed E-state index contributed by atoms with van der Waals surface area (Å²) in [5.41, 5.74) is 3.33. The van der Waals surface area contributed by atoms with E-state index in [1.54, 1.807) is 4.57 Å². The number of fused-ring (bicyclic) bond motifs is 1. The molecule has 0 saturated carbocycles. The van der Waals surface area contributed by atoms with Crippen LogP contribution in [0.3, 0.4) is 0 Å². The van der Waals surface area contributed by atoms with Gasteiger partial charge in [-0.25, -0.2) is 0 Å². The number of benzene rings is 1. The van der Waals surface area contributed by atoms with E-state index in [0.29, 0.717) is 10.7 Å². The molecule has 1 aliphatic rings. The highest BCUT2D eigenvalue weighted by Crippen LogP contribution is 2.23. The topological polar surface area (TPSA) is 64.8 Å². The lowest BCUT2D eigenvalue weighted by atomic mass is 10.0. The maximum Gasteiger partial charge on any atom is 0.221 e. The van der Waals surface area contributed by atoms with E-state index >= 15 is 0 Å². The van der Waals surface area contributed by atoms with Crippen LogP contribution < -0.4 is 0 Å². The van der Waals surface area contributed by atoms with Gasteiger partial charge in [0, 0.05) is 11.8 Å². The zero-order valence-corrected chi connectivity index (χ0v) is 12.0. The van der Waals surface area contributed by atoms with E-state index < -0.39 is 10.8 Å². The lowest BCUT2D eigenvalue weighted by Gasteiger charge is -2.06. The number of rotatable bonds is 4. The van der Waals surface area contributed by atoms with E-state index in [4.69, 9.17) is 0 Å². The summed E-state index contributed by atoms with van der Waals surface area (Å²) in [6.07, 6.45) is 6.29. The number of nitrogens with zero attached hydrogens (tertiary/aromatic N) is 3. The molecule has 0 aliphatic heterocycles. The largest absolute Gasteiger partial charge is 0.299 e. The molecule has 1 heterocycles. The van der Waals surface area contributed by atoms with Crippen molar-refractivity contribution in [3.8, 4) is 0 Å². The van der Waals surface area contributed by atoms with Crippen LogP contribution in [0.25, 0.3) is 0 Å². The van der Waals surface area contributed by atoms with E-state index in [1.165, 1.54) is 23.7 Å². The average molecular weight is 289 g/mol. The van der Waals surface area contributed by atoms with E-state index in [0.717, 1.165) is 19.3 Å². The van der Waals surface area contributed by atoms with Gasteiger partial charge in [-0.05, 0) is 36.5 Å². The zero-order chi connectivity index (χ0) is 14.1. The van der Waals surface area contributed by atoms with Gasteiger partial charge in [-0.1, -0.05) is 12.1 Å². The highest BCUT2D eigenvalue weighted by Gasteiger charge is 2.16. The van der Waals surface area contributed by atoms with Crippen LogP contribution in [0.4, 0.5) is 0 Å². The molecule has 0 spiro atoms. The van der Waals surface area contributed by atoms with Gasteiger partial charge in [-0.3, -0.25) is 13.6 Å². The second-order valence-electron chi connectivity index (χ2n) is 4.96. The highest BCUT2D eigenvalue weighted by molar-refractivity contribution is 7.84. The summed E-state index contributed by atoms with van der Waals surface area (Å²) in [5.74, 6) is -0.00815. The number of ketones is 1. The Morgan fingerprint density at radius 3 is 2.95 bits per heavy atom. The van der Waals surface area contributed by atoms with Crippen molar-refractivity contribution < 1.29 is 9.00 Å². The highest BCUT2D eigenvalue weighted by atomic mass is 32.2. The summed E-state index contributed by atoms with van der Waals surface area (Å²) in [4.78, 5) is 12.3. The molecular weight excluding hydrogens is 274 g/mol. The van der Waals surface area contributed by atoms with E-state index in [2.05, 4.69) is 10.2 Å². The summed E-state index contributed by atoms with van der Waals surface area (Å²) < 4.78 is 13.0. The second-order valence-corrected chi connectivity index (χ2v) is 6.23. The molecule has 6 heteroatoms. The number of hydrogen-bond donors (Lipinski definition) is 0. The minimum Gasteiger partial charge on any atom is -0.299 e. The molecular formula is C14H15N3O2S. The van der Waals surface area contributed by atoms with Crippen molar-refractivity contribution in [2.24, 2.45) is 0 Å².